The molecule has 4 nitrogen and oxygen atoms in total. The van der Waals surface area contributed by atoms with Gasteiger partial charge in [0.15, 0.2) is 0 Å². The third-order valence-corrected chi connectivity index (χ3v) is 4.91. The lowest BCUT2D eigenvalue weighted by Crippen LogP contribution is -2.56. The molecular weight excluding hydrogens is 228 g/mol. The molecule has 3 unspecified atom stereocenters. The van der Waals surface area contributed by atoms with E-state index < -0.39 is 0 Å². The van der Waals surface area contributed by atoms with Crippen LogP contribution in [-0.2, 0) is 4.74 Å². The average molecular weight is 256 g/mol. The van der Waals surface area contributed by atoms with Gasteiger partial charge < -0.3 is 15.2 Å². The van der Waals surface area contributed by atoms with E-state index in [1.54, 1.807) is 0 Å². The van der Waals surface area contributed by atoms with Gasteiger partial charge in [0.2, 0.25) is 0 Å². The molecule has 0 radical (unpaired) electrons. The van der Waals surface area contributed by atoms with Crippen molar-refractivity contribution in [1.29, 1.82) is 0 Å². The highest BCUT2D eigenvalue weighted by atomic mass is 16.5. The lowest BCUT2D eigenvalue weighted by Gasteiger charge is -2.46. The minimum absolute atomic E-state index is 0.0526. The summed E-state index contributed by atoms with van der Waals surface area (Å²) >= 11 is 0. The number of hydrogen-bond acceptors (Lipinski definition) is 4. The number of hydrogen-bond donors (Lipinski definition) is 2. The van der Waals surface area contributed by atoms with Gasteiger partial charge >= 0.3 is 0 Å². The molecule has 1 saturated carbocycles. The van der Waals surface area contributed by atoms with E-state index in [4.69, 9.17) is 4.74 Å². The van der Waals surface area contributed by atoms with Crippen molar-refractivity contribution in [2.24, 2.45) is 0 Å². The monoisotopic (exact) mass is 256 g/mol. The first-order valence-electron chi connectivity index (χ1n) is 7.29. The van der Waals surface area contributed by atoms with Crippen LogP contribution in [0.15, 0.2) is 0 Å². The number of likely N-dealkylation sites (N-methyl/N-ethyl adjacent to an activating group) is 1. The summed E-state index contributed by atoms with van der Waals surface area (Å²) in [5.74, 6) is 0. The summed E-state index contributed by atoms with van der Waals surface area (Å²) in [7, 11) is 3.80. The molecule has 0 bridgehead atoms. The maximum Gasteiger partial charge on any atom is 0.0698 e. The van der Waals surface area contributed by atoms with E-state index in [9.17, 15) is 5.11 Å². The molecule has 0 spiro atoms. The number of nitrogens with one attached hydrogen (secondary N) is 1. The molecule has 1 saturated heterocycles. The Morgan fingerprint density at radius 1 is 1.39 bits per heavy atom. The fraction of sp³-hybridized carbons (Fsp3) is 1.00. The van der Waals surface area contributed by atoms with Crippen LogP contribution >= 0.6 is 0 Å². The van der Waals surface area contributed by atoms with Crippen molar-refractivity contribution in [3.63, 3.8) is 0 Å². The second-order valence-electron chi connectivity index (χ2n) is 5.93. The average Bonchev–Trinajstić information content (AvgIpc) is 2.47. The summed E-state index contributed by atoms with van der Waals surface area (Å²) in [5.41, 5.74) is -0.0526. The molecule has 2 rings (SSSR count). The molecule has 1 aliphatic carbocycles. The van der Waals surface area contributed by atoms with Crippen LogP contribution in [0.4, 0.5) is 0 Å². The summed E-state index contributed by atoms with van der Waals surface area (Å²) < 4.78 is 5.51. The number of methoxy groups -OCH3 is 1. The van der Waals surface area contributed by atoms with Crippen LogP contribution in [0, 0.1) is 0 Å². The maximum absolute atomic E-state index is 9.65. The van der Waals surface area contributed by atoms with Crippen molar-refractivity contribution in [2.75, 3.05) is 33.9 Å². The van der Waals surface area contributed by atoms with E-state index in [0.717, 1.165) is 19.4 Å². The Hall–Kier alpha value is -0.160. The van der Waals surface area contributed by atoms with Crippen LogP contribution in [-0.4, -0.2) is 61.5 Å². The van der Waals surface area contributed by atoms with E-state index >= 15 is 0 Å². The largest absolute Gasteiger partial charge is 0.394 e. The van der Waals surface area contributed by atoms with Crippen molar-refractivity contribution in [1.82, 2.24) is 10.2 Å². The Balaban J connectivity index is 1.95. The Bertz CT molecular complexity index is 256. The fourth-order valence-corrected chi connectivity index (χ4v) is 3.58. The smallest absolute Gasteiger partial charge is 0.0698 e. The molecule has 4 heteroatoms. The van der Waals surface area contributed by atoms with Crippen molar-refractivity contribution in [3.8, 4) is 0 Å². The molecule has 0 aromatic carbocycles. The standard InChI is InChI=1S/C14H28N2O2/c1-15-14(11-17)7-3-5-12(9-14)16-8-4-6-13(10-16)18-2/h12-13,15,17H,3-11H2,1-2H3. The zero-order valence-electron chi connectivity index (χ0n) is 11.8. The Kier molecular flexibility index (Phi) is 5.01. The Labute approximate surface area is 111 Å². The van der Waals surface area contributed by atoms with Crippen molar-refractivity contribution in [2.45, 2.75) is 56.2 Å². The van der Waals surface area contributed by atoms with Gasteiger partial charge in [-0.2, -0.15) is 0 Å². The van der Waals surface area contributed by atoms with Gasteiger partial charge in [0, 0.05) is 25.2 Å². The predicted octanol–water partition coefficient (Wildman–Crippen LogP) is 0.990. The molecule has 1 heterocycles. The van der Waals surface area contributed by atoms with Gasteiger partial charge in [-0.1, -0.05) is 0 Å². The first-order valence-corrected chi connectivity index (χ1v) is 7.29. The molecule has 3 atom stereocenters. The van der Waals surface area contributed by atoms with Gasteiger partial charge in [0.25, 0.3) is 0 Å². The van der Waals surface area contributed by atoms with E-state index in [0.29, 0.717) is 12.1 Å². The zero-order chi connectivity index (χ0) is 13.0. The summed E-state index contributed by atoms with van der Waals surface area (Å²) in [6, 6.07) is 0.608. The summed E-state index contributed by atoms with van der Waals surface area (Å²) in [4.78, 5) is 2.58. The van der Waals surface area contributed by atoms with Gasteiger partial charge in [0.05, 0.1) is 12.7 Å². The Morgan fingerprint density at radius 2 is 2.22 bits per heavy atom. The summed E-state index contributed by atoms with van der Waals surface area (Å²) in [6.07, 6.45) is 7.46. The van der Waals surface area contributed by atoms with Gasteiger partial charge in [-0.25, -0.2) is 0 Å². The lowest BCUT2D eigenvalue weighted by molar-refractivity contribution is -0.00793. The van der Waals surface area contributed by atoms with Crippen LogP contribution in [0.3, 0.4) is 0 Å². The van der Waals surface area contributed by atoms with Crippen LogP contribution < -0.4 is 5.32 Å². The number of piperidine rings is 1. The molecule has 106 valence electrons. The van der Waals surface area contributed by atoms with E-state index in [1.165, 1.54) is 32.2 Å². The molecule has 18 heavy (non-hydrogen) atoms. The number of aliphatic hydroxyl groups is 1. The highest BCUT2D eigenvalue weighted by molar-refractivity contribution is 4.96. The second kappa shape index (κ2) is 6.33. The number of likely N-dealkylation sites (tertiary alicyclic amines) is 1. The first-order chi connectivity index (χ1) is 8.73. The zero-order valence-corrected chi connectivity index (χ0v) is 11.8. The first kappa shape index (κ1) is 14.3. The minimum Gasteiger partial charge on any atom is -0.394 e. The second-order valence-corrected chi connectivity index (χ2v) is 5.93. The van der Waals surface area contributed by atoms with Crippen LogP contribution in [0.2, 0.25) is 0 Å². The summed E-state index contributed by atoms with van der Waals surface area (Å²) in [5, 5.41) is 13.0. The SMILES string of the molecule is CNC1(CO)CCCC(N2CCCC(OC)C2)C1. The minimum atomic E-state index is -0.0526. The van der Waals surface area contributed by atoms with Gasteiger partial charge in [-0.15, -0.1) is 0 Å². The molecular formula is C14H28N2O2. The molecule has 0 aromatic rings. The van der Waals surface area contributed by atoms with Crippen molar-refractivity contribution < 1.29 is 9.84 Å². The molecule has 1 aliphatic heterocycles. The molecule has 2 fully saturated rings. The van der Waals surface area contributed by atoms with Crippen LogP contribution in [0.1, 0.15) is 38.5 Å². The summed E-state index contributed by atoms with van der Waals surface area (Å²) in [6.45, 7) is 2.50. The highest BCUT2D eigenvalue weighted by Crippen LogP contribution is 2.32. The number of ether oxygens (including phenoxy) is 1. The maximum atomic E-state index is 9.65. The molecule has 0 amide bonds. The third kappa shape index (κ3) is 3.05. The Morgan fingerprint density at radius 3 is 2.89 bits per heavy atom. The van der Waals surface area contributed by atoms with Gasteiger partial charge in [0.1, 0.15) is 0 Å². The van der Waals surface area contributed by atoms with E-state index in [1.807, 2.05) is 14.2 Å². The van der Waals surface area contributed by atoms with Gasteiger partial charge in [-0.3, -0.25) is 4.90 Å². The topological polar surface area (TPSA) is 44.7 Å². The van der Waals surface area contributed by atoms with E-state index in [-0.39, 0.29) is 12.1 Å². The highest BCUT2D eigenvalue weighted by Gasteiger charge is 2.37. The molecule has 2 N–H and O–H groups in total. The fourth-order valence-electron chi connectivity index (χ4n) is 3.58. The number of nitrogens with zero attached hydrogens (tertiary/aromatic N) is 1. The molecule has 2 aliphatic rings. The van der Waals surface area contributed by atoms with Gasteiger partial charge in [-0.05, 0) is 52.1 Å². The molecule has 0 aromatic heterocycles. The van der Waals surface area contributed by atoms with Crippen molar-refractivity contribution >= 4 is 0 Å². The van der Waals surface area contributed by atoms with E-state index in [2.05, 4.69) is 10.2 Å². The number of aliphatic hydroxyl groups excluding tert-OH is 1. The number of rotatable bonds is 4. The van der Waals surface area contributed by atoms with Crippen LogP contribution in [0.5, 0.6) is 0 Å². The quantitative estimate of drug-likeness (QED) is 0.787. The third-order valence-electron chi connectivity index (χ3n) is 4.91. The normalized spacial score (nSPS) is 38.8. The predicted molar refractivity (Wildman–Crippen MR) is 72.7 cm³/mol. The lowest BCUT2D eigenvalue weighted by atomic mass is 9.78. The van der Waals surface area contributed by atoms with Crippen LogP contribution in [0.25, 0.3) is 0 Å². The van der Waals surface area contributed by atoms with Crippen molar-refractivity contribution in [3.05, 3.63) is 0 Å².